The van der Waals surface area contributed by atoms with Gasteiger partial charge in [-0.05, 0) is 26.7 Å². The molecule has 0 aromatic rings. The molecule has 0 bridgehead atoms. The van der Waals surface area contributed by atoms with Crippen molar-refractivity contribution in [2.24, 2.45) is 0 Å². The highest BCUT2D eigenvalue weighted by atomic mass is 16.6. The second-order valence-electron chi connectivity index (χ2n) is 4.25. The molecule has 1 saturated heterocycles. The van der Waals surface area contributed by atoms with Gasteiger partial charge in [0.25, 0.3) is 0 Å². The Morgan fingerprint density at radius 2 is 2.07 bits per heavy atom. The van der Waals surface area contributed by atoms with Gasteiger partial charge in [0.2, 0.25) is 0 Å². The Hall–Kier alpha value is -1.10. The SMILES string of the molecule is CC1(C)CC[C@@](O)(CC(=O)O)C(=O)O1. The summed E-state index contributed by atoms with van der Waals surface area (Å²) in [5, 5.41) is 18.2. The zero-order chi connectivity index (χ0) is 11.0. The van der Waals surface area contributed by atoms with Crippen LogP contribution in [0.2, 0.25) is 0 Å². The van der Waals surface area contributed by atoms with E-state index in [4.69, 9.17) is 9.84 Å². The molecule has 14 heavy (non-hydrogen) atoms. The molecule has 0 saturated carbocycles. The summed E-state index contributed by atoms with van der Waals surface area (Å²) >= 11 is 0. The molecule has 1 heterocycles. The first-order chi connectivity index (χ1) is 6.25. The van der Waals surface area contributed by atoms with Crippen LogP contribution in [0.1, 0.15) is 33.1 Å². The standard InChI is InChI=1S/C9H14O5/c1-8(2)3-4-9(13,5-6(10)11)7(12)14-8/h13H,3-5H2,1-2H3,(H,10,11)/t9-/m1/s1. The van der Waals surface area contributed by atoms with E-state index in [1.165, 1.54) is 0 Å². The lowest BCUT2D eigenvalue weighted by atomic mass is 9.85. The Labute approximate surface area is 81.7 Å². The lowest BCUT2D eigenvalue weighted by Gasteiger charge is -2.38. The molecule has 1 aliphatic rings. The van der Waals surface area contributed by atoms with Crippen LogP contribution in [0.25, 0.3) is 0 Å². The normalized spacial score (nSPS) is 30.9. The number of ether oxygens (including phenoxy) is 1. The van der Waals surface area contributed by atoms with Gasteiger partial charge in [-0.25, -0.2) is 4.79 Å². The van der Waals surface area contributed by atoms with Gasteiger partial charge in [0.15, 0.2) is 5.60 Å². The third kappa shape index (κ3) is 2.23. The minimum absolute atomic E-state index is 0.130. The number of rotatable bonds is 2. The predicted octanol–water partition coefficient (Wildman–Crippen LogP) is 0.308. The Balaban J connectivity index is 2.74. The van der Waals surface area contributed by atoms with Crippen LogP contribution in [0.4, 0.5) is 0 Å². The molecule has 0 aromatic carbocycles. The van der Waals surface area contributed by atoms with Crippen molar-refractivity contribution in [3.05, 3.63) is 0 Å². The average Bonchev–Trinajstić information content (AvgIpc) is 1.97. The first kappa shape index (κ1) is 11.0. The van der Waals surface area contributed by atoms with Gasteiger partial charge in [-0.2, -0.15) is 0 Å². The molecule has 1 fully saturated rings. The number of esters is 1. The Kier molecular flexibility index (Phi) is 2.54. The van der Waals surface area contributed by atoms with E-state index in [9.17, 15) is 14.7 Å². The molecule has 0 amide bonds. The fourth-order valence-electron chi connectivity index (χ4n) is 1.42. The van der Waals surface area contributed by atoms with Crippen LogP contribution in [0.5, 0.6) is 0 Å². The van der Waals surface area contributed by atoms with Gasteiger partial charge in [0.1, 0.15) is 5.60 Å². The van der Waals surface area contributed by atoms with E-state index in [1.807, 2.05) is 0 Å². The van der Waals surface area contributed by atoms with Gasteiger partial charge in [-0.1, -0.05) is 0 Å². The fourth-order valence-corrected chi connectivity index (χ4v) is 1.42. The summed E-state index contributed by atoms with van der Waals surface area (Å²) in [6, 6.07) is 0. The third-order valence-corrected chi connectivity index (χ3v) is 2.33. The van der Waals surface area contributed by atoms with E-state index in [2.05, 4.69) is 0 Å². The van der Waals surface area contributed by atoms with Crippen LogP contribution >= 0.6 is 0 Å². The van der Waals surface area contributed by atoms with Crippen LogP contribution in [0.3, 0.4) is 0 Å². The fraction of sp³-hybridized carbons (Fsp3) is 0.778. The van der Waals surface area contributed by atoms with E-state index in [-0.39, 0.29) is 6.42 Å². The maximum atomic E-state index is 11.3. The number of aliphatic hydroxyl groups is 1. The van der Waals surface area contributed by atoms with E-state index >= 15 is 0 Å². The summed E-state index contributed by atoms with van der Waals surface area (Å²) in [6.07, 6.45) is -0.00440. The minimum Gasteiger partial charge on any atom is -0.481 e. The molecular weight excluding hydrogens is 188 g/mol. The zero-order valence-corrected chi connectivity index (χ0v) is 8.24. The van der Waals surface area contributed by atoms with Crippen molar-refractivity contribution >= 4 is 11.9 Å². The van der Waals surface area contributed by atoms with Gasteiger partial charge >= 0.3 is 11.9 Å². The van der Waals surface area contributed by atoms with Crippen molar-refractivity contribution in [2.75, 3.05) is 0 Å². The first-order valence-corrected chi connectivity index (χ1v) is 4.43. The molecule has 1 aliphatic heterocycles. The second-order valence-corrected chi connectivity index (χ2v) is 4.25. The van der Waals surface area contributed by atoms with Crippen molar-refractivity contribution in [3.8, 4) is 0 Å². The number of aliphatic carboxylic acids is 1. The molecule has 0 spiro atoms. The molecule has 0 unspecified atom stereocenters. The van der Waals surface area contributed by atoms with E-state index in [1.54, 1.807) is 13.8 Å². The number of carboxylic acids is 1. The van der Waals surface area contributed by atoms with Crippen LogP contribution in [-0.4, -0.2) is 33.4 Å². The van der Waals surface area contributed by atoms with Crippen LogP contribution in [-0.2, 0) is 14.3 Å². The number of carbonyl (C=O) groups is 2. The van der Waals surface area contributed by atoms with Gasteiger partial charge in [-0.15, -0.1) is 0 Å². The van der Waals surface area contributed by atoms with Gasteiger partial charge < -0.3 is 14.9 Å². The van der Waals surface area contributed by atoms with Crippen molar-refractivity contribution in [3.63, 3.8) is 0 Å². The number of cyclic esters (lactones) is 1. The highest BCUT2D eigenvalue weighted by molar-refractivity contribution is 5.85. The number of hydrogen-bond acceptors (Lipinski definition) is 4. The van der Waals surface area contributed by atoms with Crippen LogP contribution in [0.15, 0.2) is 0 Å². The molecular formula is C9H14O5. The zero-order valence-electron chi connectivity index (χ0n) is 8.24. The van der Waals surface area contributed by atoms with Crippen molar-refractivity contribution in [1.82, 2.24) is 0 Å². The monoisotopic (exact) mass is 202 g/mol. The third-order valence-electron chi connectivity index (χ3n) is 2.33. The summed E-state index contributed by atoms with van der Waals surface area (Å²) < 4.78 is 4.94. The molecule has 1 atom stereocenters. The summed E-state index contributed by atoms with van der Waals surface area (Å²) in [6.45, 7) is 3.45. The van der Waals surface area contributed by atoms with Crippen molar-refractivity contribution < 1.29 is 24.5 Å². The topological polar surface area (TPSA) is 83.8 Å². The van der Waals surface area contributed by atoms with Crippen molar-refractivity contribution in [1.29, 1.82) is 0 Å². The highest BCUT2D eigenvalue weighted by Crippen LogP contribution is 2.33. The van der Waals surface area contributed by atoms with Crippen LogP contribution < -0.4 is 0 Å². The quantitative estimate of drug-likeness (QED) is 0.629. The van der Waals surface area contributed by atoms with Gasteiger partial charge in [0, 0.05) is 0 Å². The lowest BCUT2D eigenvalue weighted by Crippen LogP contribution is -2.51. The molecule has 0 aromatic heterocycles. The molecule has 5 heteroatoms. The summed E-state index contributed by atoms with van der Waals surface area (Å²) in [4.78, 5) is 21.7. The molecule has 5 nitrogen and oxygen atoms in total. The summed E-state index contributed by atoms with van der Waals surface area (Å²) in [5.74, 6) is -2.04. The Morgan fingerprint density at radius 1 is 1.50 bits per heavy atom. The van der Waals surface area contributed by atoms with Gasteiger partial charge in [0.05, 0.1) is 6.42 Å². The maximum absolute atomic E-state index is 11.3. The highest BCUT2D eigenvalue weighted by Gasteiger charge is 2.47. The average molecular weight is 202 g/mol. The van der Waals surface area contributed by atoms with E-state index in [0.29, 0.717) is 6.42 Å². The second kappa shape index (κ2) is 3.24. The Morgan fingerprint density at radius 3 is 2.50 bits per heavy atom. The molecule has 0 radical (unpaired) electrons. The van der Waals surface area contributed by atoms with Crippen molar-refractivity contribution in [2.45, 2.75) is 44.3 Å². The lowest BCUT2D eigenvalue weighted by molar-refractivity contribution is -0.196. The summed E-state index contributed by atoms with van der Waals surface area (Å²) in [7, 11) is 0. The summed E-state index contributed by atoms with van der Waals surface area (Å²) in [5.41, 5.74) is -2.46. The molecule has 1 rings (SSSR count). The maximum Gasteiger partial charge on any atom is 0.339 e. The minimum atomic E-state index is -1.85. The smallest absolute Gasteiger partial charge is 0.339 e. The predicted molar refractivity (Wildman–Crippen MR) is 46.6 cm³/mol. The van der Waals surface area contributed by atoms with E-state index in [0.717, 1.165) is 0 Å². The molecule has 80 valence electrons. The largest absolute Gasteiger partial charge is 0.481 e. The van der Waals surface area contributed by atoms with E-state index < -0.39 is 29.6 Å². The number of carbonyl (C=O) groups excluding carboxylic acids is 1. The number of carboxylic acid groups (broad SMARTS) is 1. The van der Waals surface area contributed by atoms with Crippen LogP contribution in [0, 0.1) is 0 Å². The number of hydrogen-bond donors (Lipinski definition) is 2. The Bertz CT molecular complexity index is 270. The molecule has 2 N–H and O–H groups in total. The molecule has 0 aliphatic carbocycles. The first-order valence-electron chi connectivity index (χ1n) is 4.43. The van der Waals surface area contributed by atoms with Gasteiger partial charge in [-0.3, -0.25) is 4.79 Å².